The Bertz CT molecular complexity index is 689. The minimum Gasteiger partial charge on any atom is -0.466 e. The smallest absolute Gasteiger partial charge is 0.318 e. The van der Waals surface area contributed by atoms with E-state index < -0.39 is 0 Å². The van der Waals surface area contributed by atoms with Gasteiger partial charge in [-0.05, 0) is 51.2 Å². The maximum absolute atomic E-state index is 12.8. The summed E-state index contributed by atoms with van der Waals surface area (Å²) in [6.07, 6.45) is 2.46. The lowest BCUT2D eigenvalue weighted by molar-refractivity contribution is 0.175. The zero-order valence-corrected chi connectivity index (χ0v) is 14.7. The molecule has 1 unspecified atom stereocenters. The van der Waals surface area contributed by atoms with Crippen molar-refractivity contribution >= 4 is 6.03 Å². The minimum atomic E-state index is -0.00324. The molecule has 4 heteroatoms. The molecule has 1 aliphatic carbocycles. The Morgan fingerprint density at radius 1 is 1.29 bits per heavy atom. The highest BCUT2D eigenvalue weighted by molar-refractivity contribution is 5.74. The fraction of sp³-hybridized carbons (Fsp3) is 0.450. The summed E-state index contributed by atoms with van der Waals surface area (Å²) in [5.74, 6) is 2.40. The SMILES string of the molecule is Cc1cc(CNC(=O)N(CC2CC2)C(C)c2ccccc2)c(C)o1. The summed E-state index contributed by atoms with van der Waals surface area (Å²) in [4.78, 5) is 14.8. The van der Waals surface area contributed by atoms with E-state index in [4.69, 9.17) is 4.42 Å². The molecule has 1 atom stereocenters. The van der Waals surface area contributed by atoms with Crippen LogP contribution in [-0.4, -0.2) is 17.5 Å². The normalized spacial score (nSPS) is 15.1. The van der Waals surface area contributed by atoms with E-state index in [0.717, 1.165) is 23.6 Å². The quantitative estimate of drug-likeness (QED) is 0.844. The number of furan rings is 1. The number of nitrogens with zero attached hydrogens (tertiary/aromatic N) is 1. The van der Waals surface area contributed by atoms with Crippen LogP contribution in [0.2, 0.25) is 0 Å². The maximum Gasteiger partial charge on any atom is 0.318 e. The van der Waals surface area contributed by atoms with Gasteiger partial charge in [0, 0.05) is 18.7 Å². The fourth-order valence-electron chi connectivity index (χ4n) is 3.04. The molecule has 1 aromatic heterocycles. The monoisotopic (exact) mass is 326 g/mol. The molecule has 1 heterocycles. The number of rotatable bonds is 6. The van der Waals surface area contributed by atoms with Crippen molar-refractivity contribution in [1.29, 1.82) is 0 Å². The van der Waals surface area contributed by atoms with Crippen molar-refractivity contribution in [3.05, 3.63) is 59.0 Å². The number of carbonyl (C=O) groups excluding carboxylic acids is 1. The second-order valence-electron chi connectivity index (χ2n) is 6.78. The van der Waals surface area contributed by atoms with E-state index in [2.05, 4.69) is 24.4 Å². The van der Waals surface area contributed by atoms with E-state index in [1.807, 2.05) is 43.0 Å². The summed E-state index contributed by atoms with van der Waals surface area (Å²) in [5.41, 5.74) is 2.21. The predicted octanol–water partition coefficient (Wildman–Crippen LogP) is 4.58. The zero-order chi connectivity index (χ0) is 17.1. The summed E-state index contributed by atoms with van der Waals surface area (Å²) >= 11 is 0. The third-order valence-electron chi connectivity index (χ3n) is 4.74. The van der Waals surface area contributed by atoms with Crippen LogP contribution in [0, 0.1) is 19.8 Å². The van der Waals surface area contributed by atoms with E-state index >= 15 is 0 Å². The van der Waals surface area contributed by atoms with Crippen LogP contribution in [0.4, 0.5) is 4.79 Å². The lowest BCUT2D eigenvalue weighted by Crippen LogP contribution is -2.42. The molecule has 1 N–H and O–H groups in total. The van der Waals surface area contributed by atoms with Crippen LogP contribution in [0.15, 0.2) is 40.8 Å². The average Bonchev–Trinajstić information content (AvgIpc) is 3.34. The molecule has 0 saturated heterocycles. The molecule has 24 heavy (non-hydrogen) atoms. The molecule has 128 valence electrons. The van der Waals surface area contributed by atoms with Crippen molar-refractivity contribution < 1.29 is 9.21 Å². The van der Waals surface area contributed by atoms with Gasteiger partial charge in [-0.2, -0.15) is 0 Å². The number of benzene rings is 1. The largest absolute Gasteiger partial charge is 0.466 e. The van der Waals surface area contributed by atoms with Gasteiger partial charge in [-0.25, -0.2) is 4.79 Å². The van der Waals surface area contributed by atoms with E-state index in [1.54, 1.807) is 0 Å². The molecular formula is C20H26N2O2. The lowest BCUT2D eigenvalue weighted by atomic mass is 10.1. The second-order valence-corrected chi connectivity index (χ2v) is 6.78. The Hall–Kier alpha value is -2.23. The van der Waals surface area contributed by atoms with Crippen molar-refractivity contribution in [3.63, 3.8) is 0 Å². The van der Waals surface area contributed by atoms with Gasteiger partial charge in [-0.3, -0.25) is 0 Å². The highest BCUT2D eigenvalue weighted by atomic mass is 16.3. The van der Waals surface area contributed by atoms with Crippen LogP contribution < -0.4 is 5.32 Å². The second kappa shape index (κ2) is 7.12. The molecular weight excluding hydrogens is 300 g/mol. The molecule has 4 nitrogen and oxygen atoms in total. The minimum absolute atomic E-state index is 0.00324. The third kappa shape index (κ3) is 3.99. The Labute approximate surface area is 143 Å². The molecule has 1 fully saturated rings. The lowest BCUT2D eigenvalue weighted by Gasteiger charge is -2.30. The van der Waals surface area contributed by atoms with Gasteiger partial charge in [0.2, 0.25) is 0 Å². The van der Waals surface area contributed by atoms with Crippen LogP contribution in [0.1, 0.15) is 48.5 Å². The van der Waals surface area contributed by atoms with Crippen molar-refractivity contribution in [2.24, 2.45) is 5.92 Å². The number of amides is 2. The number of aryl methyl sites for hydroxylation is 2. The molecule has 2 aromatic rings. The van der Waals surface area contributed by atoms with E-state index in [1.165, 1.54) is 18.4 Å². The first-order valence-corrected chi connectivity index (χ1v) is 8.70. The molecule has 0 aliphatic heterocycles. The topological polar surface area (TPSA) is 45.5 Å². The average molecular weight is 326 g/mol. The molecule has 2 amide bonds. The van der Waals surface area contributed by atoms with Crippen LogP contribution in [0.5, 0.6) is 0 Å². The molecule has 1 saturated carbocycles. The van der Waals surface area contributed by atoms with Crippen LogP contribution in [0.3, 0.4) is 0 Å². The summed E-state index contributed by atoms with van der Waals surface area (Å²) in [5, 5.41) is 3.06. The summed E-state index contributed by atoms with van der Waals surface area (Å²) in [6.45, 7) is 7.29. The molecule has 1 aliphatic rings. The van der Waals surface area contributed by atoms with Gasteiger partial charge in [0.25, 0.3) is 0 Å². The van der Waals surface area contributed by atoms with Crippen molar-refractivity contribution in [3.8, 4) is 0 Å². The Balaban J connectivity index is 1.68. The van der Waals surface area contributed by atoms with Gasteiger partial charge >= 0.3 is 6.03 Å². The van der Waals surface area contributed by atoms with Gasteiger partial charge in [0.15, 0.2) is 0 Å². The number of hydrogen-bond donors (Lipinski definition) is 1. The van der Waals surface area contributed by atoms with Gasteiger partial charge in [-0.15, -0.1) is 0 Å². The Morgan fingerprint density at radius 3 is 2.58 bits per heavy atom. The summed E-state index contributed by atoms with van der Waals surface area (Å²) in [7, 11) is 0. The first-order valence-electron chi connectivity index (χ1n) is 8.70. The van der Waals surface area contributed by atoms with Gasteiger partial charge in [0.1, 0.15) is 11.5 Å². The third-order valence-corrected chi connectivity index (χ3v) is 4.74. The van der Waals surface area contributed by atoms with Crippen molar-refractivity contribution in [2.75, 3.05) is 6.54 Å². The number of hydrogen-bond acceptors (Lipinski definition) is 2. The maximum atomic E-state index is 12.8. The Kier molecular flexibility index (Phi) is 4.93. The fourth-order valence-corrected chi connectivity index (χ4v) is 3.04. The van der Waals surface area contributed by atoms with Crippen LogP contribution in [-0.2, 0) is 6.54 Å². The van der Waals surface area contributed by atoms with Gasteiger partial charge in [-0.1, -0.05) is 30.3 Å². The molecule has 0 radical (unpaired) electrons. The zero-order valence-electron chi connectivity index (χ0n) is 14.7. The van der Waals surface area contributed by atoms with E-state index in [-0.39, 0.29) is 12.1 Å². The van der Waals surface area contributed by atoms with E-state index in [0.29, 0.717) is 12.5 Å². The molecule has 3 rings (SSSR count). The van der Waals surface area contributed by atoms with Gasteiger partial charge in [0.05, 0.1) is 6.04 Å². The van der Waals surface area contributed by atoms with Crippen LogP contribution in [0.25, 0.3) is 0 Å². The number of nitrogens with one attached hydrogen (secondary N) is 1. The highest BCUT2D eigenvalue weighted by Crippen LogP contribution is 2.32. The molecule has 0 bridgehead atoms. The number of urea groups is 1. The summed E-state index contributed by atoms with van der Waals surface area (Å²) in [6, 6.07) is 12.3. The standard InChI is InChI=1S/C20H26N2O2/c1-14-11-19(16(3)24-14)12-21-20(23)22(13-17-9-10-17)15(2)18-7-5-4-6-8-18/h4-8,11,15,17H,9-10,12-13H2,1-3H3,(H,21,23). The molecule has 1 aromatic carbocycles. The first-order chi connectivity index (χ1) is 11.5. The summed E-state index contributed by atoms with van der Waals surface area (Å²) < 4.78 is 5.53. The van der Waals surface area contributed by atoms with Crippen molar-refractivity contribution in [2.45, 2.75) is 46.2 Å². The van der Waals surface area contributed by atoms with Crippen LogP contribution >= 0.6 is 0 Å². The highest BCUT2D eigenvalue weighted by Gasteiger charge is 2.30. The van der Waals surface area contributed by atoms with Gasteiger partial charge < -0.3 is 14.6 Å². The van der Waals surface area contributed by atoms with E-state index in [9.17, 15) is 4.79 Å². The molecule has 0 spiro atoms. The Morgan fingerprint density at radius 2 is 2.00 bits per heavy atom. The number of carbonyl (C=O) groups is 1. The van der Waals surface area contributed by atoms with Crippen molar-refractivity contribution in [1.82, 2.24) is 10.2 Å². The predicted molar refractivity (Wildman–Crippen MR) is 94.7 cm³/mol. The first kappa shape index (κ1) is 16.6.